The van der Waals surface area contributed by atoms with Gasteiger partial charge in [-0.1, -0.05) is 60.3 Å². The molecular weight excluding hydrogens is 430 g/mol. The van der Waals surface area contributed by atoms with Gasteiger partial charge in [0.15, 0.2) is 0 Å². The minimum atomic E-state index is 0.0516. The van der Waals surface area contributed by atoms with Crippen molar-refractivity contribution in [1.29, 1.82) is 5.41 Å². The Morgan fingerprint density at radius 2 is 2.00 bits per heavy atom. The van der Waals surface area contributed by atoms with Gasteiger partial charge in [-0.25, -0.2) is 0 Å². The molecule has 4 nitrogen and oxygen atoms in total. The number of carbonyl (C=O) groups excluding carboxylic acids is 1. The van der Waals surface area contributed by atoms with E-state index in [9.17, 15) is 4.79 Å². The van der Waals surface area contributed by atoms with Crippen LogP contribution in [0, 0.1) is 10.8 Å². The molecule has 1 unspecified atom stereocenters. The summed E-state index contributed by atoms with van der Waals surface area (Å²) in [7, 11) is 0. The maximum Gasteiger partial charge on any atom is 0.148 e. The zero-order valence-electron chi connectivity index (χ0n) is 22.3. The Morgan fingerprint density at radius 3 is 2.57 bits per heavy atom. The number of ketones is 1. The Labute approximate surface area is 211 Å². The van der Waals surface area contributed by atoms with Gasteiger partial charge >= 0.3 is 0 Å². The Morgan fingerprint density at radius 1 is 1.29 bits per heavy atom. The van der Waals surface area contributed by atoms with Gasteiger partial charge < -0.3 is 15.6 Å². The number of aryl methyl sites for hydroxylation is 1. The van der Waals surface area contributed by atoms with Crippen LogP contribution in [0.4, 0.5) is 0 Å². The lowest BCUT2D eigenvalue weighted by Crippen LogP contribution is -2.45. The molecule has 0 saturated heterocycles. The molecule has 1 aromatic rings. The molecule has 2 aliphatic heterocycles. The molecule has 0 aromatic heterocycles. The lowest BCUT2D eigenvalue weighted by atomic mass is 9.75. The standard InChI is InChI=1S/C31H41N3O/c1-9-11-20(3)28-19-34-29(12-21(28)4)27-13-23(10-2)26(25(16-32)18-33-17-22(5)35)14-24(27)15-30(34)31(6,7)8/h12-14,16,18-19,30,32-33H,3-4,9-11,15,17H2,1-2,5-8H3/b25-18+,32-16?. The molecule has 35 heavy (non-hydrogen) atoms. The van der Waals surface area contributed by atoms with Crippen LogP contribution in [0.25, 0.3) is 11.3 Å². The van der Waals surface area contributed by atoms with Crippen LogP contribution in [-0.4, -0.2) is 29.5 Å². The maximum absolute atomic E-state index is 11.4. The van der Waals surface area contributed by atoms with Crippen molar-refractivity contribution in [3.05, 3.63) is 82.7 Å². The van der Waals surface area contributed by atoms with Crippen molar-refractivity contribution in [3.8, 4) is 0 Å². The topological polar surface area (TPSA) is 56.2 Å². The van der Waals surface area contributed by atoms with Crippen molar-refractivity contribution in [2.24, 2.45) is 5.41 Å². The highest BCUT2D eigenvalue weighted by Gasteiger charge is 2.38. The van der Waals surface area contributed by atoms with Gasteiger partial charge in [-0.3, -0.25) is 4.79 Å². The number of nitrogens with one attached hydrogen (secondary N) is 2. The van der Waals surface area contributed by atoms with Crippen LogP contribution in [0.2, 0.25) is 0 Å². The first-order valence-electron chi connectivity index (χ1n) is 12.7. The fourth-order valence-electron chi connectivity index (χ4n) is 5.03. The first-order chi connectivity index (χ1) is 16.5. The van der Waals surface area contributed by atoms with Gasteiger partial charge in [0, 0.05) is 41.5 Å². The molecular formula is C31H41N3O. The predicted molar refractivity (Wildman–Crippen MR) is 149 cm³/mol. The highest BCUT2D eigenvalue weighted by Crippen LogP contribution is 2.45. The highest BCUT2D eigenvalue weighted by atomic mass is 16.1. The lowest BCUT2D eigenvalue weighted by molar-refractivity contribution is -0.116. The summed E-state index contributed by atoms with van der Waals surface area (Å²) in [5.74, 6) is 0.0679. The summed E-state index contributed by atoms with van der Waals surface area (Å²) in [6.45, 7) is 21.8. The quantitative estimate of drug-likeness (QED) is 0.388. The zero-order valence-corrected chi connectivity index (χ0v) is 22.3. The highest BCUT2D eigenvalue weighted by molar-refractivity contribution is 6.09. The van der Waals surface area contributed by atoms with Crippen LogP contribution in [0.5, 0.6) is 0 Å². The average molecular weight is 472 g/mol. The molecule has 4 heteroatoms. The van der Waals surface area contributed by atoms with E-state index in [0.29, 0.717) is 0 Å². The predicted octanol–water partition coefficient (Wildman–Crippen LogP) is 6.84. The van der Waals surface area contributed by atoms with Gasteiger partial charge in [0.1, 0.15) is 5.78 Å². The molecule has 2 N–H and O–H groups in total. The monoisotopic (exact) mass is 471 g/mol. The van der Waals surface area contributed by atoms with Crippen molar-refractivity contribution in [2.45, 2.75) is 73.3 Å². The number of carbonyl (C=O) groups is 1. The van der Waals surface area contributed by atoms with Crippen molar-refractivity contribution < 1.29 is 4.79 Å². The molecule has 0 radical (unpaired) electrons. The molecule has 1 aromatic carbocycles. The maximum atomic E-state index is 11.4. The summed E-state index contributed by atoms with van der Waals surface area (Å²) in [4.78, 5) is 13.8. The molecule has 0 amide bonds. The van der Waals surface area contributed by atoms with Gasteiger partial charge in [-0.05, 0) is 77.2 Å². The van der Waals surface area contributed by atoms with E-state index in [1.807, 2.05) is 0 Å². The van der Waals surface area contributed by atoms with Crippen LogP contribution in [0.15, 0.2) is 60.5 Å². The number of hydrogen-bond donors (Lipinski definition) is 2. The second-order valence-corrected chi connectivity index (χ2v) is 10.8. The molecule has 2 heterocycles. The number of rotatable bonds is 9. The average Bonchev–Trinajstić information content (AvgIpc) is 2.79. The van der Waals surface area contributed by atoms with Gasteiger partial charge in [0.25, 0.3) is 0 Å². The number of hydrogen-bond acceptors (Lipinski definition) is 4. The Kier molecular flexibility index (Phi) is 8.04. The minimum Gasteiger partial charge on any atom is -0.383 e. The second-order valence-electron chi connectivity index (χ2n) is 10.8. The largest absolute Gasteiger partial charge is 0.383 e. The van der Waals surface area contributed by atoms with E-state index in [0.717, 1.165) is 53.5 Å². The molecule has 0 aliphatic carbocycles. The molecule has 0 fully saturated rings. The molecule has 0 spiro atoms. The van der Waals surface area contributed by atoms with E-state index in [1.165, 1.54) is 28.6 Å². The van der Waals surface area contributed by atoms with E-state index in [4.69, 9.17) is 5.41 Å². The molecule has 2 aliphatic rings. The van der Waals surface area contributed by atoms with Gasteiger partial charge in [-0.2, -0.15) is 0 Å². The van der Waals surface area contributed by atoms with Crippen LogP contribution in [0.1, 0.15) is 76.6 Å². The number of nitrogens with zero attached hydrogens (tertiary/aromatic N) is 1. The van der Waals surface area contributed by atoms with Gasteiger partial charge in [0.2, 0.25) is 0 Å². The van der Waals surface area contributed by atoms with Crippen molar-refractivity contribution in [2.75, 3.05) is 6.54 Å². The fourth-order valence-corrected chi connectivity index (χ4v) is 5.03. The third kappa shape index (κ3) is 5.58. The first-order valence-corrected chi connectivity index (χ1v) is 12.7. The number of benzene rings is 1. The van der Waals surface area contributed by atoms with E-state index in [-0.39, 0.29) is 23.8 Å². The third-order valence-corrected chi connectivity index (χ3v) is 6.95. The summed E-state index contributed by atoms with van der Waals surface area (Å²) in [5.41, 5.74) is 10.1. The molecule has 3 rings (SSSR count). The summed E-state index contributed by atoms with van der Waals surface area (Å²) in [5, 5.41) is 11.1. The Balaban J connectivity index is 2.15. The van der Waals surface area contributed by atoms with Gasteiger partial charge in [0.05, 0.1) is 6.54 Å². The summed E-state index contributed by atoms with van der Waals surface area (Å²) in [6.07, 6.45) is 11.5. The normalized spacial score (nSPS) is 17.8. The Bertz CT molecular complexity index is 1140. The fraction of sp³-hybridized carbons (Fsp3) is 0.419. The van der Waals surface area contributed by atoms with E-state index >= 15 is 0 Å². The van der Waals surface area contributed by atoms with Gasteiger partial charge in [-0.15, -0.1) is 0 Å². The van der Waals surface area contributed by atoms with Crippen LogP contribution < -0.4 is 5.32 Å². The van der Waals surface area contributed by atoms with E-state index in [1.54, 1.807) is 13.1 Å². The second kappa shape index (κ2) is 10.6. The third-order valence-electron chi connectivity index (χ3n) is 6.95. The molecule has 186 valence electrons. The lowest BCUT2D eigenvalue weighted by Gasteiger charge is -2.47. The first kappa shape index (κ1) is 26.5. The summed E-state index contributed by atoms with van der Waals surface area (Å²) >= 11 is 0. The summed E-state index contributed by atoms with van der Waals surface area (Å²) < 4.78 is 0. The van der Waals surface area contributed by atoms with E-state index < -0.39 is 0 Å². The zero-order chi connectivity index (χ0) is 25.9. The molecule has 0 saturated carbocycles. The van der Waals surface area contributed by atoms with Crippen molar-refractivity contribution >= 4 is 23.3 Å². The molecule has 0 bridgehead atoms. The van der Waals surface area contributed by atoms with E-state index in [2.05, 4.69) is 82.4 Å². The number of Topliss-reactive ketones (excluding diaryl/α,β-unsaturated/α-hetero) is 1. The summed E-state index contributed by atoms with van der Waals surface area (Å²) in [6, 6.07) is 4.83. The van der Waals surface area contributed by atoms with Crippen molar-refractivity contribution in [3.63, 3.8) is 0 Å². The smallest absolute Gasteiger partial charge is 0.148 e. The number of fused-ring (bicyclic) bond motifs is 3. The Hall–Kier alpha value is -3.14. The van der Waals surface area contributed by atoms with Crippen molar-refractivity contribution in [1.82, 2.24) is 10.2 Å². The van der Waals surface area contributed by atoms with Crippen LogP contribution in [-0.2, 0) is 17.6 Å². The van der Waals surface area contributed by atoms with Crippen LogP contribution >= 0.6 is 0 Å². The number of allylic oxidation sites excluding steroid dienone is 5. The SMILES string of the molecule is C=C1C=C2c3cc(CC)c(/C(C=N)=C/NCC(C)=O)cc3CC(C(C)(C)C)N2C=C1C(=C)CCC. The molecule has 1 atom stereocenters. The minimum absolute atomic E-state index is 0.0516. The van der Waals surface area contributed by atoms with Crippen LogP contribution in [0.3, 0.4) is 0 Å².